The molecule has 0 aliphatic carbocycles. The highest BCUT2D eigenvalue weighted by atomic mass is 79.9. The van der Waals surface area contributed by atoms with E-state index < -0.39 is 0 Å². The van der Waals surface area contributed by atoms with Gasteiger partial charge in [-0.25, -0.2) is 0 Å². The minimum Gasteiger partial charge on any atom is -0.338 e. The van der Waals surface area contributed by atoms with Gasteiger partial charge in [0.1, 0.15) is 0 Å². The topological polar surface area (TPSA) is 46.3 Å². The number of carbonyl (C=O) groups excluding carboxylic acids is 1. The molecule has 0 saturated carbocycles. The SMILES string of the molecule is Cl.NCC1CCCN(C(=O)c2ccc(Cl)cc2Br)C1. The molecule has 1 aliphatic rings. The summed E-state index contributed by atoms with van der Waals surface area (Å²) < 4.78 is 0.745. The second-order valence-electron chi connectivity index (χ2n) is 4.62. The van der Waals surface area contributed by atoms with Gasteiger partial charge in [-0.2, -0.15) is 0 Å². The van der Waals surface area contributed by atoms with E-state index in [0.717, 1.165) is 30.4 Å². The van der Waals surface area contributed by atoms with Crippen molar-refractivity contribution in [3.05, 3.63) is 33.3 Å². The average molecular weight is 368 g/mol. The van der Waals surface area contributed by atoms with Crippen molar-refractivity contribution in [3.8, 4) is 0 Å². The number of benzene rings is 1. The molecule has 2 rings (SSSR count). The van der Waals surface area contributed by atoms with Crippen LogP contribution in [0.25, 0.3) is 0 Å². The highest BCUT2D eigenvalue weighted by Gasteiger charge is 2.24. The van der Waals surface area contributed by atoms with Crippen LogP contribution in [-0.4, -0.2) is 30.4 Å². The van der Waals surface area contributed by atoms with E-state index in [1.54, 1.807) is 18.2 Å². The van der Waals surface area contributed by atoms with Gasteiger partial charge in [0.05, 0.1) is 5.56 Å². The molecule has 0 bridgehead atoms. The van der Waals surface area contributed by atoms with Crippen molar-refractivity contribution in [2.24, 2.45) is 11.7 Å². The number of amides is 1. The first-order valence-corrected chi connectivity index (χ1v) is 7.23. The number of halogens is 3. The van der Waals surface area contributed by atoms with Crippen molar-refractivity contribution < 1.29 is 4.79 Å². The van der Waals surface area contributed by atoms with Crippen LogP contribution in [0.5, 0.6) is 0 Å². The Morgan fingerprint density at radius 2 is 2.26 bits per heavy atom. The van der Waals surface area contributed by atoms with Crippen molar-refractivity contribution in [2.75, 3.05) is 19.6 Å². The maximum atomic E-state index is 12.4. The van der Waals surface area contributed by atoms with Crippen LogP contribution in [0.3, 0.4) is 0 Å². The molecule has 0 radical (unpaired) electrons. The molecule has 106 valence electrons. The molecule has 19 heavy (non-hydrogen) atoms. The molecule has 3 nitrogen and oxygen atoms in total. The van der Waals surface area contributed by atoms with E-state index in [9.17, 15) is 4.79 Å². The van der Waals surface area contributed by atoms with Gasteiger partial charge in [-0.05, 0) is 59.4 Å². The highest BCUT2D eigenvalue weighted by Crippen LogP contribution is 2.25. The average Bonchev–Trinajstić information content (AvgIpc) is 2.38. The van der Waals surface area contributed by atoms with Gasteiger partial charge in [0.2, 0.25) is 0 Å². The monoisotopic (exact) mass is 366 g/mol. The molecule has 6 heteroatoms. The number of nitrogens with zero attached hydrogens (tertiary/aromatic N) is 1. The van der Waals surface area contributed by atoms with Crippen LogP contribution in [0, 0.1) is 5.92 Å². The fourth-order valence-electron chi connectivity index (χ4n) is 2.28. The number of hydrogen-bond acceptors (Lipinski definition) is 2. The summed E-state index contributed by atoms with van der Waals surface area (Å²) in [5, 5.41) is 0.622. The Labute approximate surface area is 133 Å². The lowest BCUT2D eigenvalue weighted by molar-refractivity contribution is 0.0677. The highest BCUT2D eigenvalue weighted by molar-refractivity contribution is 9.10. The van der Waals surface area contributed by atoms with Crippen molar-refractivity contribution in [3.63, 3.8) is 0 Å². The summed E-state index contributed by atoms with van der Waals surface area (Å²) in [5.41, 5.74) is 6.35. The van der Waals surface area contributed by atoms with Gasteiger partial charge >= 0.3 is 0 Å². The summed E-state index contributed by atoms with van der Waals surface area (Å²) in [7, 11) is 0. The van der Waals surface area contributed by atoms with Crippen LogP contribution >= 0.6 is 39.9 Å². The first-order chi connectivity index (χ1) is 8.61. The van der Waals surface area contributed by atoms with Crippen LogP contribution in [-0.2, 0) is 0 Å². The number of piperidine rings is 1. The number of hydrogen-bond donors (Lipinski definition) is 1. The molecule has 2 N–H and O–H groups in total. The molecule has 0 spiro atoms. The van der Waals surface area contributed by atoms with Crippen LogP contribution in [0.4, 0.5) is 0 Å². The van der Waals surface area contributed by atoms with Gasteiger partial charge in [0, 0.05) is 22.6 Å². The third-order valence-corrected chi connectivity index (χ3v) is 4.19. The van der Waals surface area contributed by atoms with Gasteiger partial charge in [0.15, 0.2) is 0 Å². The van der Waals surface area contributed by atoms with Crippen LogP contribution in [0.1, 0.15) is 23.2 Å². The van der Waals surface area contributed by atoms with Crippen molar-refractivity contribution >= 4 is 45.8 Å². The smallest absolute Gasteiger partial charge is 0.255 e. The van der Waals surface area contributed by atoms with E-state index in [1.165, 1.54) is 0 Å². The van der Waals surface area contributed by atoms with Crippen LogP contribution in [0.15, 0.2) is 22.7 Å². The predicted octanol–water partition coefficient (Wildman–Crippen LogP) is 3.34. The molecule has 1 saturated heterocycles. The van der Waals surface area contributed by atoms with Gasteiger partial charge in [-0.1, -0.05) is 11.6 Å². The molecule has 1 fully saturated rings. The molecule has 0 aromatic heterocycles. The second-order valence-corrected chi connectivity index (χ2v) is 5.91. The summed E-state index contributed by atoms with van der Waals surface area (Å²) in [6.45, 7) is 2.21. The normalized spacial score (nSPS) is 18.9. The van der Waals surface area contributed by atoms with Crippen molar-refractivity contribution in [1.29, 1.82) is 0 Å². The van der Waals surface area contributed by atoms with E-state index in [1.807, 2.05) is 4.90 Å². The predicted molar refractivity (Wildman–Crippen MR) is 84.1 cm³/mol. The zero-order valence-electron chi connectivity index (χ0n) is 10.4. The summed E-state index contributed by atoms with van der Waals surface area (Å²) in [5.74, 6) is 0.477. The van der Waals surface area contributed by atoms with E-state index in [-0.39, 0.29) is 18.3 Å². The third kappa shape index (κ3) is 4.09. The molecule has 1 aliphatic heterocycles. The van der Waals surface area contributed by atoms with E-state index in [2.05, 4.69) is 15.9 Å². The third-order valence-electron chi connectivity index (χ3n) is 3.30. The Hall–Kier alpha value is -0.290. The van der Waals surface area contributed by atoms with Gasteiger partial charge < -0.3 is 10.6 Å². The fourth-order valence-corrected chi connectivity index (χ4v) is 3.13. The van der Waals surface area contributed by atoms with Gasteiger partial charge in [-0.15, -0.1) is 12.4 Å². The van der Waals surface area contributed by atoms with Crippen LogP contribution in [0.2, 0.25) is 5.02 Å². The van der Waals surface area contributed by atoms with Crippen LogP contribution < -0.4 is 5.73 Å². The summed E-state index contributed by atoms with van der Waals surface area (Å²) in [4.78, 5) is 14.3. The molecule has 1 unspecified atom stereocenters. The lowest BCUT2D eigenvalue weighted by atomic mass is 9.97. The number of likely N-dealkylation sites (tertiary alicyclic amines) is 1. The lowest BCUT2D eigenvalue weighted by Crippen LogP contribution is -2.42. The van der Waals surface area contributed by atoms with Crippen molar-refractivity contribution in [1.82, 2.24) is 4.90 Å². The summed E-state index contributed by atoms with van der Waals surface area (Å²) >= 11 is 9.27. The van der Waals surface area contributed by atoms with E-state index >= 15 is 0 Å². The first kappa shape index (κ1) is 16.8. The molecular formula is C13H17BrCl2N2O. The molecule has 1 atom stereocenters. The van der Waals surface area contributed by atoms with E-state index in [0.29, 0.717) is 23.0 Å². The maximum Gasteiger partial charge on any atom is 0.255 e. The fraction of sp³-hybridized carbons (Fsp3) is 0.462. The minimum atomic E-state index is 0. The Morgan fingerprint density at radius 1 is 1.53 bits per heavy atom. The lowest BCUT2D eigenvalue weighted by Gasteiger charge is -2.32. The quantitative estimate of drug-likeness (QED) is 0.871. The zero-order chi connectivity index (χ0) is 13.1. The maximum absolute atomic E-state index is 12.4. The largest absolute Gasteiger partial charge is 0.338 e. The molecular weight excluding hydrogens is 351 g/mol. The molecule has 1 heterocycles. The number of carbonyl (C=O) groups is 1. The number of rotatable bonds is 2. The minimum absolute atomic E-state index is 0. The molecule has 1 aromatic carbocycles. The van der Waals surface area contributed by atoms with Gasteiger partial charge in [0.25, 0.3) is 5.91 Å². The Morgan fingerprint density at radius 3 is 2.89 bits per heavy atom. The van der Waals surface area contributed by atoms with Gasteiger partial charge in [-0.3, -0.25) is 4.79 Å². The summed E-state index contributed by atoms with van der Waals surface area (Å²) in [6.07, 6.45) is 2.14. The Bertz CT molecular complexity index is 456. The standard InChI is InChI=1S/C13H16BrClN2O.ClH/c14-12-6-10(15)3-4-11(12)13(18)17-5-1-2-9(7-16)8-17;/h3-4,6,9H,1-2,5,7-8,16H2;1H. The zero-order valence-corrected chi connectivity index (χ0v) is 13.6. The van der Waals surface area contributed by atoms with E-state index in [4.69, 9.17) is 17.3 Å². The first-order valence-electron chi connectivity index (χ1n) is 6.06. The summed E-state index contributed by atoms with van der Waals surface area (Å²) in [6, 6.07) is 5.25. The van der Waals surface area contributed by atoms with Crippen molar-refractivity contribution in [2.45, 2.75) is 12.8 Å². The Balaban J connectivity index is 0.00000180. The molecule has 1 amide bonds. The second kappa shape index (κ2) is 7.48. The Kier molecular flexibility index (Phi) is 6.60. The number of nitrogens with two attached hydrogens (primary N) is 1. The molecule has 1 aromatic rings.